The second-order valence-electron chi connectivity index (χ2n) is 10.1. The van der Waals surface area contributed by atoms with Crippen molar-refractivity contribution in [2.45, 2.75) is 68.8 Å². The maximum Gasteiger partial charge on any atom is 0.326 e. The first kappa shape index (κ1) is 29.2. The number of hydrogen-bond donors (Lipinski definition) is 3. The third-order valence-electron chi connectivity index (χ3n) is 6.94. The van der Waals surface area contributed by atoms with Gasteiger partial charge in [-0.15, -0.1) is 0 Å². The predicted octanol–water partition coefficient (Wildman–Crippen LogP) is 4.06. The zero-order valence-corrected chi connectivity index (χ0v) is 23.2. The quantitative estimate of drug-likeness (QED) is 0.208. The smallest absolute Gasteiger partial charge is 0.326 e. The van der Waals surface area contributed by atoms with Crippen LogP contribution in [0.25, 0.3) is 11.3 Å². The Kier molecular flexibility index (Phi) is 9.49. The van der Waals surface area contributed by atoms with Gasteiger partial charge in [0.25, 0.3) is 0 Å². The summed E-state index contributed by atoms with van der Waals surface area (Å²) in [5, 5.41) is 24.0. The van der Waals surface area contributed by atoms with Crippen LogP contribution in [0.2, 0.25) is 0 Å². The van der Waals surface area contributed by atoms with Crippen molar-refractivity contribution in [1.82, 2.24) is 14.8 Å². The summed E-state index contributed by atoms with van der Waals surface area (Å²) in [4.78, 5) is 25.2. The third kappa shape index (κ3) is 7.22. The largest absolute Gasteiger partial charge is 0.480 e. The van der Waals surface area contributed by atoms with Crippen LogP contribution >= 0.6 is 0 Å². The molecule has 0 saturated carbocycles. The van der Waals surface area contributed by atoms with Gasteiger partial charge in [0.2, 0.25) is 15.9 Å². The van der Waals surface area contributed by atoms with Crippen LogP contribution in [-0.4, -0.2) is 59.2 Å². The first-order valence-electron chi connectivity index (χ1n) is 13.3. The van der Waals surface area contributed by atoms with Crippen molar-refractivity contribution >= 4 is 27.6 Å². The molecular weight excluding hydrogens is 532 g/mol. The molecule has 0 bridgehead atoms. The van der Waals surface area contributed by atoms with E-state index in [1.165, 1.54) is 12.1 Å². The average Bonchev–Trinajstić information content (AvgIpc) is 3.62. The summed E-state index contributed by atoms with van der Waals surface area (Å²) in [5.74, 6) is -1.05. The van der Waals surface area contributed by atoms with Crippen molar-refractivity contribution in [3.63, 3.8) is 0 Å². The normalized spacial score (nSPS) is 16.5. The number of rotatable bonds is 13. The summed E-state index contributed by atoms with van der Waals surface area (Å²) in [6, 6.07) is 14.8. The zero-order valence-electron chi connectivity index (χ0n) is 22.4. The number of aliphatic carboxylic acids is 1. The van der Waals surface area contributed by atoms with Gasteiger partial charge < -0.3 is 20.4 Å². The number of aromatic nitrogens is 1. The SMILES string of the molecule is CC(=N)CCCCc1cc(-c2ccc(CC(NC(=O)[C@@H]3CCCN3S(=O)(=O)c3ccccc3)C(=O)O)cc2)no1. The van der Waals surface area contributed by atoms with Crippen LogP contribution in [-0.2, 0) is 32.5 Å². The standard InChI is InChI=1S/C29H34N4O6S/c1-20(30)8-5-6-9-23-19-25(32-39-23)22-15-13-21(14-16-22)18-26(29(35)36)31-28(34)27-12-7-17-33(27)40(37,38)24-10-3-2-4-11-24/h2-4,10-11,13-16,19,26-27,30H,5-9,12,17-18H2,1H3,(H,31,34)(H,35,36)/t26?,27-/m0/s1. The molecule has 1 aliphatic heterocycles. The molecule has 10 nitrogen and oxygen atoms in total. The van der Waals surface area contributed by atoms with Crippen LogP contribution in [0.15, 0.2) is 70.1 Å². The number of nitrogens with zero attached hydrogens (tertiary/aromatic N) is 2. The van der Waals surface area contributed by atoms with Crippen LogP contribution in [0, 0.1) is 5.41 Å². The van der Waals surface area contributed by atoms with Gasteiger partial charge in [0.15, 0.2) is 0 Å². The lowest BCUT2D eigenvalue weighted by Gasteiger charge is -2.25. The molecule has 1 aliphatic rings. The molecule has 3 aromatic rings. The van der Waals surface area contributed by atoms with E-state index in [9.17, 15) is 23.1 Å². The Bertz CT molecular complexity index is 1440. The molecule has 1 amide bonds. The van der Waals surface area contributed by atoms with E-state index in [0.29, 0.717) is 29.8 Å². The molecule has 3 N–H and O–H groups in total. The fraction of sp³-hybridized carbons (Fsp3) is 0.379. The van der Waals surface area contributed by atoms with Crippen LogP contribution in [0.4, 0.5) is 0 Å². The van der Waals surface area contributed by atoms with E-state index in [1.807, 2.05) is 18.2 Å². The van der Waals surface area contributed by atoms with E-state index >= 15 is 0 Å². The van der Waals surface area contributed by atoms with E-state index in [2.05, 4.69) is 10.5 Å². The molecule has 40 heavy (non-hydrogen) atoms. The number of unbranched alkanes of at least 4 members (excludes halogenated alkanes) is 1. The summed E-state index contributed by atoms with van der Waals surface area (Å²) in [7, 11) is -3.88. The van der Waals surface area contributed by atoms with Crippen LogP contribution < -0.4 is 5.32 Å². The van der Waals surface area contributed by atoms with Crippen molar-refractivity contribution < 1.29 is 27.6 Å². The molecule has 0 aliphatic carbocycles. The van der Waals surface area contributed by atoms with Crippen molar-refractivity contribution in [2.24, 2.45) is 0 Å². The highest BCUT2D eigenvalue weighted by Crippen LogP contribution is 2.26. The number of nitrogens with one attached hydrogen (secondary N) is 2. The number of amides is 1. The van der Waals surface area contributed by atoms with Gasteiger partial charge in [-0.05, 0) is 56.7 Å². The fourth-order valence-electron chi connectivity index (χ4n) is 4.79. The molecule has 0 radical (unpaired) electrons. The molecule has 1 fully saturated rings. The van der Waals surface area contributed by atoms with Gasteiger partial charge in [0, 0.05) is 36.7 Å². The zero-order chi connectivity index (χ0) is 28.7. The Hall–Kier alpha value is -3.83. The third-order valence-corrected chi connectivity index (χ3v) is 8.87. The molecule has 2 aromatic carbocycles. The molecule has 2 atom stereocenters. The maximum absolute atomic E-state index is 13.1. The lowest BCUT2D eigenvalue weighted by Crippen LogP contribution is -2.51. The molecule has 1 unspecified atom stereocenters. The van der Waals surface area contributed by atoms with E-state index < -0.39 is 34.0 Å². The Morgan fingerprint density at radius 1 is 1.15 bits per heavy atom. The van der Waals surface area contributed by atoms with Gasteiger partial charge in [-0.3, -0.25) is 4.79 Å². The van der Waals surface area contributed by atoms with Crippen LogP contribution in [0.5, 0.6) is 0 Å². The minimum Gasteiger partial charge on any atom is -0.480 e. The van der Waals surface area contributed by atoms with Gasteiger partial charge in [-0.2, -0.15) is 4.31 Å². The van der Waals surface area contributed by atoms with Gasteiger partial charge in [-0.25, -0.2) is 13.2 Å². The first-order valence-corrected chi connectivity index (χ1v) is 14.8. The lowest BCUT2D eigenvalue weighted by molar-refractivity contribution is -0.142. The molecule has 2 heterocycles. The summed E-state index contributed by atoms with van der Waals surface area (Å²) in [5.41, 5.74) is 2.86. The Morgan fingerprint density at radius 2 is 1.88 bits per heavy atom. The topological polar surface area (TPSA) is 154 Å². The summed E-state index contributed by atoms with van der Waals surface area (Å²) < 4.78 is 32.8. The molecule has 4 rings (SSSR count). The number of carbonyl (C=O) groups is 2. The predicted molar refractivity (Wildman–Crippen MR) is 150 cm³/mol. The average molecular weight is 567 g/mol. The van der Waals surface area contributed by atoms with E-state index in [1.54, 1.807) is 37.3 Å². The van der Waals surface area contributed by atoms with E-state index in [4.69, 9.17) is 9.93 Å². The lowest BCUT2D eigenvalue weighted by atomic mass is 10.0. The Morgan fingerprint density at radius 3 is 2.55 bits per heavy atom. The molecule has 1 aromatic heterocycles. The highest BCUT2D eigenvalue weighted by molar-refractivity contribution is 7.89. The monoisotopic (exact) mass is 566 g/mol. The second kappa shape index (κ2) is 13.0. The van der Waals surface area contributed by atoms with E-state index in [-0.39, 0.29) is 17.9 Å². The van der Waals surface area contributed by atoms with Crippen molar-refractivity contribution in [3.05, 3.63) is 72.0 Å². The number of carboxylic acids is 1. The van der Waals surface area contributed by atoms with Crippen molar-refractivity contribution in [1.29, 1.82) is 5.41 Å². The van der Waals surface area contributed by atoms with Gasteiger partial charge in [0.05, 0.1) is 4.90 Å². The molecule has 11 heteroatoms. The minimum atomic E-state index is -3.88. The van der Waals surface area contributed by atoms with Gasteiger partial charge >= 0.3 is 5.97 Å². The highest BCUT2D eigenvalue weighted by Gasteiger charge is 2.40. The maximum atomic E-state index is 13.1. The first-order chi connectivity index (χ1) is 19.1. The van der Waals surface area contributed by atoms with Crippen LogP contribution in [0.3, 0.4) is 0 Å². The molecule has 212 valence electrons. The number of benzene rings is 2. The highest BCUT2D eigenvalue weighted by atomic mass is 32.2. The number of carbonyl (C=O) groups excluding carboxylic acids is 1. The fourth-order valence-corrected chi connectivity index (χ4v) is 6.47. The Labute approximate surface area is 233 Å². The summed E-state index contributed by atoms with van der Waals surface area (Å²) in [6.45, 7) is 1.99. The number of carboxylic acid groups (broad SMARTS) is 1. The summed E-state index contributed by atoms with van der Waals surface area (Å²) in [6.07, 6.45) is 4.20. The van der Waals surface area contributed by atoms with Crippen molar-refractivity contribution in [3.8, 4) is 11.3 Å². The van der Waals surface area contributed by atoms with E-state index in [0.717, 1.165) is 41.3 Å². The number of sulfonamides is 1. The second-order valence-corrected chi connectivity index (χ2v) is 11.9. The van der Waals surface area contributed by atoms with Crippen molar-refractivity contribution in [2.75, 3.05) is 6.54 Å². The molecule has 1 saturated heterocycles. The van der Waals surface area contributed by atoms with Crippen LogP contribution in [0.1, 0.15) is 50.4 Å². The number of hydrogen-bond acceptors (Lipinski definition) is 7. The molecule has 0 spiro atoms. The molecular formula is C29H34N4O6S. The summed E-state index contributed by atoms with van der Waals surface area (Å²) >= 11 is 0. The number of aryl methyl sites for hydroxylation is 1. The minimum absolute atomic E-state index is 0.0377. The Balaban J connectivity index is 1.37. The van der Waals surface area contributed by atoms with Gasteiger partial charge in [-0.1, -0.05) is 47.6 Å². The van der Waals surface area contributed by atoms with Gasteiger partial charge in [0.1, 0.15) is 23.5 Å².